The Morgan fingerprint density at radius 2 is 1.94 bits per heavy atom. The van der Waals surface area contributed by atoms with E-state index in [9.17, 15) is 32.3 Å². The molecule has 1 aromatic heterocycles. The molecule has 7 nitrogen and oxygen atoms in total. The van der Waals surface area contributed by atoms with Crippen LogP contribution in [0.1, 0.15) is 31.2 Å². The molecule has 0 saturated heterocycles. The van der Waals surface area contributed by atoms with E-state index in [1.54, 1.807) is 18.2 Å². The highest BCUT2D eigenvalue weighted by Crippen LogP contribution is 2.34. The maximum atomic E-state index is 14.7. The zero-order valence-electron chi connectivity index (χ0n) is 16.0. The van der Waals surface area contributed by atoms with Crippen molar-refractivity contribution in [3.63, 3.8) is 0 Å². The molecule has 1 aliphatic rings. The molecule has 3 aromatic rings. The van der Waals surface area contributed by atoms with Crippen LogP contribution in [0.2, 0.25) is 5.02 Å². The van der Waals surface area contributed by atoms with Gasteiger partial charge in [0, 0.05) is 5.02 Å². The van der Waals surface area contributed by atoms with Crippen molar-refractivity contribution in [3.8, 4) is 0 Å². The zero-order chi connectivity index (χ0) is 23.2. The number of halogens is 2. The summed E-state index contributed by atoms with van der Waals surface area (Å²) < 4.78 is 40.4. The molecule has 0 spiro atoms. The van der Waals surface area contributed by atoms with Crippen molar-refractivity contribution in [1.82, 2.24) is 0 Å². The number of fused-ring (bicyclic) bond motifs is 1. The third-order valence-corrected chi connectivity index (χ3v) is 7.77. The van der Waals surface area contributed by atoms with Gasteiger partial charge in [-0.05, 0) is 46.8 Å². The highest BCUT2D eigenvalue weighted by Gasteiger charge is 2.38. The van der Waals surface area contributed by atoms with Gasteiger partial charge in [-0.3, -0.25) is 9.59 Å². The van der Waals surface area contributed by atoms with E-state index in [0.29, 0.717) is 15.5 Å². The van der Waals surface area contributed by atoms with E-state index in [0.717, 1.165) is 29.5 Å². The van der Waals surface area contributed by atoms with Gasteiger partial charge in [-0.1, -0.05) is 23.7 Å². The van der Waals surface area contributed by atoms with Crippen LogP contribution in [0.15, 0.2) is 52.7 Å². The average Bonchev–Trinajstić information content (AvgIpc) is 3.13. The molecule has 0 bridgehead atoms. The number of hydrogen-bond acceptors (Lipinski definition) is 6. The van der Waals surface area contributed by atoms with Gasteiger partial charge in [0.2, 0.25) is 5.91 Å². The number of amides is 2. The van der Waals surface area contributed by atoms with Crippen LogP contribution in [-0.4, -0.2) is 31.3 Å². The van der Waals surface area contributed by atoms with E-state index in [2.05, 4.69) is 0 Å². The SMILES string of the molecule is O=C(O)c1scc2c1C(=O)N(c1cc(S(=O)(=O)Cc3cccc(Cl)c3)ccc1F)C(=O)C2. The quantitative estimate of drug-likeness (QED) is 0.426. The largest absolute Gasteiger partial charge is 0.477 e. The number of nitrogens with zero attached hydrogens (tertiary/aromatic N) is 1. The molecule has 1 N–H and O–H groups in total. The maximum Gasteiger partial charge on any atom is 0.346 e. The molecule has 164 valence electrons. The highest BCUT2D eigenvalue weighted by atomic mass is 35.5. The van der Waals surface area contributed by atoms with Crippen LogP contribution in [0.3, 0.4) is 0 Å². The lowest BCUT2D eigenvalue weighted by atomic mass is 10.0. The predicted octanol–water partition coefficient (Wildman–Crippen LogP) is 3.94. The molecular formula is C21H13ClFNO6S2. The fraction of sp³-hybridized carbons (Fsp3) is 0.0952. The van der Waals surface area contributed by atoms with Crippen molar-refractivity contribution in [2.45, 2.75) is 17.1 Å². The van der Waals surface area contributed by atoms with Gasteiger partial charge in [0.05, 0.1) is 28.3 Å². The number of imide groups is 1. The first-order valence-corrected chi connectivity index (χ1v) is 12.0. The molecule has 0 unspecified atom stereocenters. The standard InChI is InChI=1S/C21H13ClFNO6S2/c22-13-3-1-2-11(6-13)10-32(29,30)14-4-5-15(23)16(8-14)24-17(25)7-12-9-31-19(21(27)28)18(12)20(24)26/h1-6,8-9H,7,10H2,(H,27,28). The number of rotatable bonds is 5. The number of thiophene rings is 1. The van der Waals surface area contributed by atoms with Gasteiger partial charge in [-0.15, -0.1) is 11.3 Å². The molecule has 32 heavy (non-hydrogen) atoms. The summed E-state index contributed by atoms with van der Waals surface area (Å²) in [6.07, 6.45) is -0.316. The van der Waals surface area contributed by atoms with Gasteiger partial charge in [0.25, 0.3) is 5.91 Å². The van der Waals surface area contributed by atoms with E-state index >= 15 is 0 Å². The van der Waals surface area contributed by atoms with Crippen molar-refractivity contribution < 1.29 is 32.3 Å². The fourth-order valence-corrected chi connectivity index (χ4v) is 5.88. The first-order chi connectivity index (χ1) is 15.1. The van der Waals surface area contributed by atoms with Crippen LogP contribution >= 0.6 is 22.9 Å². The van der Waals surface area contributed by atoms with Crippen LogP contribution in [-0.2, 0) is 26.8 Å². The Balaban J connectivity index is 1.76. The Morgan fingerprint density at radius 1 is 1.19 bits per heavy atom. The van der Waals surface area contributed by atoms with Gasteiger partial charge in [0.15, 0.2) is 9.84 Å². The summed E-state index contributed by atoms with van der Waals surface area (Å²) in [5.41, 5.74) is -0.111. The second-order valence-electron chi connectivity index (χ2n) is 6.98. The number of sulfone groups is 1. The predicted molar refractivity (Wildman–Crippen MR) is 116 cm³/mol. The highest BCUT2D eigenvalue weighted by molar-refractivity contribution is 7.90. The summed E-state index contributed by atoms with van der Waals surface area (Å²) in [7, 11) is -3.98. The molecular weight excluding hydrogens is 481 g/mol. The molecule has 0 aliphatic carbocycles. The fourth-order valence-electron chi connectivity index (χ4n) is 3.41. The lowest BCUT2D eigenvalue weighted by Gasteiger charge is -2.26. The van der Waals surface area contributed by atoms with E-state index in [1.807, 2.05) is 0 Å². The number of anilines is 1. The second-order valence-corrected chi connectivity index (χ2v) is 10.3. The minimum Gasteiger partial charge on any atom is -0.477 e. The number of carboxylic acid groups (broad SMARTS) is 1. The van der Waals surface area contributed by atoms with Gasteiger partial charge in [0.1, 0.15) is 10.7 Å². The topological polar surface area (TPSA) is 109 Å². The first-order valence-electron chi connectivity index (χ1n) is 9.06. The summed E-state index contributed by atoms with van der Waals surface area (Å²) in [5, 5.41) is 11.1. The normalized spacial score (nSPS) is 13.9. The number of carbonyl (C=O) groups excluding carboxylic acids is 2. The average molecular weight is 494 g/mol. The van der Waals surface area contributed by atoms with Crippen molar-refractivity contribution in [2.24, 2.45) is 0 Å². The maximum absolute atomic E-state index is 14.7. The van der Waals surface area contributed by atoms with Gasteiger partial charge >= 0.3 is 5.97 Å². The van der Waals surface area contributed by atoms with Crippen molar-refractivity contribution >= 4 is 56.2 Å². The number of benzene rings is 2. The van der Waals surface area contributed by atoms with E-state index in [4.69, 9.17) is 11.6 Å². The Hall–Kier alpha value is -3.08. The third kappa shape index (κ3) is 3.92. The molecule has 11 heteroatoms. The van der Waals surface area contributed by atoms with Crippen molar-refractivity contribution in [1.29, 1.82) is 0 Å². The molecule has 2 aromatic carbocycles. The molecule has 0 saturated carbocycles. The Labute approximate surface area is 190 Å². The Morgan fingerprint density at radius 3 is 2.62 bits per heavy atom. The summed E-state index contributed by atoms with van der Waals surface area (Å²) in [6.45, 7) is 0. The molecule has 0 radical (unpaired) electrons. The van der Waals surface area contributed by atoms with Crippen molar-refractivity contribution in [3.05, 3.63) is 80.3 Å². The first kappa shape index (κ1) is 22.1. The summed E-state index contributed by atoms with van der Waals surface area (Å²) in [6, 6.07) is 9.02. The molecule has 2 heterocycles. The monoisotopic (exact) mass is 493 g/mol. The summed E-state index contributed by atoms with van der Waals surface area (Å²) in [5.74, 6) is -4.59. The Bertz CT molecular complexity index is 1400. The smallest absolute Gasteiger partial charge is 0.346 e. The Kier molecular flexibility index (Phi) is 5.61. The number of carboxylic acids is 1. The summed E-state index contributed by atoms with van der Waals surface area (Å²) in [4.78, 5) is 37.0. The van der Waals surface area contributed by atoms with Crippen molar-refractivity contribution in [2.75, 3.05) is 4.90 Å². The molecule has 1 aliphatic heterocycles. The van der Waals surface area contributed by atoms with Gasteiger partial charge in [-0.25, -0.2) is 22.5 Å². The molecule has 4 rings (SSSR count). The minimum absolute atomic E-state index is 0.200. The molecule has 2 amide bonds. The second kappa shape index (κ2) is 8.12. The zero-order valence-corrected chi connectivity index (χ0v) is 18.4. The van der Waals surface area contributed by atoms with Crippen LogP contribution in [0.4, 0.5) is 10.1 Å². The van der Waals surface area contributed by atoms with Gasteiger partial charge in [-0.2, -0.15) is 0 Å². The van der Waals surface area contributed by atoms with E-state index in [1.165, 1.54) is 11.4 Å². The summed E-state index contributed by atoms with van der Waals surface area (Å²) >= 11 is 6.69. The van der Waals surface area contributed by atoms with Crippen LogP contribution < -0.4 is 4.90 Å². The molecule has 0 atom stereocenters. The lowest BCUT2D eigenvalue weighted by molar-refractivity contribution is -0.117. The number of hydrogen-bond donors (Lipinski definition) is 1. The molecule has 0 fully saturated rings. The number of carbonyl (C=O) groups is 3. The van der Waals surface area contributed by atoms with Crippen LogP contribution in [0, 0.1) is 5.82 Å². The van der Waals surface area contributed by atoms with Crippen LogP contribution in [0.5, 0.6) is 0 Å². The lowest BCUT2D eigenvalue weighted by Crippen LogP contribution is -2.43. The van der Waals surface area contributed by atoms with Crippen LogP contribution in [0.25, 0.3) is 0 Å². The third-order valence-electron chi connectivity index (χ3n) is 4.83. The van der Waals surface area contributed by atoms with Gasteiger partial charge < -0.3 is 5.11 Å². The van der Waals surface area contributed by atoms with E-state index in [-0.39, 0.29) is 27.3 Å². The number of aromatic carboxylic acids is 1. The van der Waals surface area contributed by atoms with E-state index < -0.39 is 44.9 Å². The minimum atomic E-state index is -3.98.